The number of aromatic hydroxyl groups is 1. The Morgan fingerprint density at radius 3 is 2.61 bits per heavy atom. The molecule has 0 spiro atoms. The van der Waals surface area contributed by atoms with E-state index in [9.17, 15) is 5.11 Å². The van der Waals surface area contributed by atoms with Gasteiger partial charge in [0, 0.05) is 0 Å². The summed E-state index contributed by atoms with van der Waals surface area (Å²) in [6.45, 7) is 4.39. The summed E-state index contributed by atoms with van der Waals surface area (Å²) in [5.41, 5.74) is 6.48. The first-order valence-electron chi connectivity index (χ1n) is 6.59. The van der Waals surface area contributed by atoms with Crippen LogP contribution in [0, 0.1) is 5.92 Å². The Morgan fingerprint density at radius 1 is 1.06 bits per heavy atom. The number of benzene rings is 2. The van der Waals surface area contributed by atoms with E-state index in [-0.39, 0.29) is 0 Å². The highest BCUT2D eigenvalue weighted by molar-refractivity contribution is 5.79. The number of hydrogen-bond acceptors (Lipinski definition) is 1. The molecule has 0 aromatic heterocycles. The predicted molar refractivity (Wildman–Crippen MR) is 74.9 cm³/mol. The summed E-state index contributed by atoms with van der Waals surface area (Å²) in [6, 6.07) is 12.4. The van der Waals surface area contributed by atoms with Gasteiger partial charge in [-0.1, -0.05) is 44.2 Å². The van der Waals surface area contributed by atoms with Crippen molar-refractivity contribution in [2.75, 3.05) is 0 Å². The van der Waals surface area contributed by atoms with Crippen LogP contribution in [-0.4, -0.2) is 5.11 Å². The van der Waals surface area contributed by atoms with Gasteiger partial charge in [0.05, 0.1) is 0 Å². The lowest BCUT2D eigenvalue weighted by molar-refractivity contribution is 0.461. The molecule has 0 aliphatic heterocycles. The fourth-order valence-corrected chi connectivity index (χ4v) is 2.90. The first-order valence-corrected chi connectivity index (χ1v) is 6.59. The topological polar surface area (TPSA) is 20.2 Å². The zero-order valence-electron chi connectivity index (χ0n) is 10.9. The third kappa shape index (κ3) is 1.71. The smallest absolute Gasteiger partial charge is 0.119 e. The summed E-state index contributed by atoms with van der Waals surface area (Å²) in [7, 11) is 0. The summed E-state index contributed by atoms with van der Waals surface area (Å²) in [5.74, 6) is 1.02. The molecule has 0 atom stereocenters. The van der Waals surface area contributed by atoms with E-state index < -0.39 is 0 Å². The minimum absolute atomic E-state index is 0.454. The molecular formula is C17H18O. The number of hydrogen-bond donors (Lipinski definition) is 1. The summed E-state index contributed by atoms with van der Waals surface area (Å²) in [4.78, 5) is 0. The van der Waals surface area contributed by atoms with E-state index >= 15 is 0 Å². The van der Waals surface area contributed by atoms with Crippen LogP contribution < -0.4 is 0 Å². The lowest BCUT2D eigenvalue weighted by Crippen LogP contribution is -1.99. The fourth-order valence-electron chi connectivity index (χ4n) is 2.90. The van der Waals surface area contributed by atoms with Gasteiger partial charge in [-0.15, -0.1) is 0 Å². The SMILES string of the molecule is CC(C)Cc1c(O)ccc2c1Cc1ccccc1-2. The standard InChI is InChI=1S/C17H18O/c1-11(2)9-16-15-10-12-5-3-4-6-13(12)14(15)7-8-17(16)18/h3-8,11,18H,9-10H2,1-2H3. The maximum absolute atomic E-state index is 10.1. The minimum atomic E-state index is 0.454. The van der Waals surface area contributed by atoms with Crippen molar-refractivity contribution < 1.29 is 5.11 Å². The zero-order chi connectivity index (χ0) is 12.7. The average molecular weight is 238 g/mol. The third-order valence-corrected chi connectivity index (χ3v) is 3.69. The molecule has 0 saturated heterocycles. The van der Waals surface area contributed by atoms with E-state index in [2.05, 4.69) is 44.2 Å². The molecule has 1 aliphatic carbocycles. The molecule has 0 radical (unpaired) electrons. The van der Waals surface area contributed by atoms with Crippen LogP contribution in [0.2, 0.25) is 0 Å². The van der Waals surface area contributed by atoms with Crippen molar-refractivity contribution in [2.24, 2.45) is 5.92 Å². The number of fused-ring (bicyclic) bond motifs is 3. The van der Waals surface area contributed by atoms with Gasteiger partial charge in [-0.05, 0) is 52.6 Å². The average Bonchev–Trinajstić information content (AvgIpc) is 2.71. The lowest BCUT2D eigenvalue weighted by atomic mass is 9.94. The largest absolute Gasteiger partial charge is 0.508 e. The van der Waals surface area contributed by atoms with E-state index in [1.165, 1.54) is 22.3 Å². The quantitative estimate of drug-likeness (QED) is 0.710. The van der Waals surface area contributed by atoms with Crippen molar-refractivity contribution in [3.63, 3.8) is 0 Å². The molecule has 2 aromatic carbocycles. The second-order valence-electron chi connectivity index (χ2n) is 5.52. The zero-order valence-corrected chi connectivity index (χ0v) is 10.9. The Hall–Kier alpha value is -1.76. The number of phenols is 1. The van der Waals surface area contributed by atoms with Gasteiger partial charge in [-0.2, -0.15) is 0 Å². The minimum Gasteiger partial charge on any atom is -0.508 e. The van der Waals surface area contributed by atoms with Crippen LogP contribution in [0.1, 0.15) is 30.5 Å². The van der Waals surface area contributed by atoms with Crippen molar-refractivity contribution in [1.82, 2.24) is 0 Å². The third-order valence-electron chi connectivity index (χ3n) is 3.69. The first kappa shape index (κ1) is 11.3. The van der Waals surface area contributed by atoms with Gasteiger partial charge in [-0.3, -0.25) is 0 Å². The van der Waals surface area contributed by atoms with E-state index in [1.54, 1.807) is 0 Å². The van der Waals surface area contributed by atoms with Gasteiger partial charge in [-0.25, -0.2) is 0 Å². The van der Waals surface area contributed by atoms with Crippen LogP contribution in [-0.2, 0) is 12.8 Å². The highest BCUT2D eigenvalue weighted by atomic mass is 16.3. The molecule has 1 heteroatoms. The van der Waals surface area contributed by atoms with Crippen molar-refractivity contribution >= 4 is 0 Å². The highest BCUT2D eigenvalue weighted by Gasteiger charge is 2.22. The molecule has 0 unspecified atom stereocenters. The molecule has 18 heavy (non-hydrogen) atoms. The summed E-state index contributed by atoms with van der Waals surface area (Å²) in [6.07, 6.45) is 1.91. The first-order chi connectivity index (χ1) is 8.66. The van der Waals surface area contributed by atoms with Gasteiger partial charge in [0.2, 0.25) is 0 Å². The Balaban J connectivity index is 2.16. The van der Waals surface area contributed by atoms with Gasteiger partial charge < -0.3 is 5.11 Å². The molecular weight excluding hydrogens is 220 g/mol. The summed E-state index contributed by atoms with van der Waals surface area (Å²) >= 11 is 0. The molecule has 0 amide bonds. The molecule has 1 N–H and O–H groups in total. The monoisotopic (exact) mass is 238 g/mol. The molecule has 3 rings (SSSR count). The maximum Gasteiger partial charge on any atom is 0.119 e. The Kier molecular flexibility index (Phi) is 2.62. The molecule has 1 aliphatic rings. The number of rotatable bonds is 2. The molecule has 2 aromatic rings. The van der Waals surface area contributed by atoms with Crippen molar-refractivity contribution in [2.45, 2.75) is 26.7 Å². The second kappa shape index (κ2) is 4.16. The molecule has 1 nitrogen and oxygen atoms in total. The number of phenolic OH excluding ortho intramolecular Hbond substituents is 1. The van der Waals surface area contributed by atoms with Crippen LogP contribution in [0.4, 0.5) is 0 Å². The molecule has 92 valence electrons. The van der Waals surface area contributed by atoms with Gasteiger partial charge >= 0.3 is 0 Å². The van der Waals surface area contributed by atoms with Crippen LogP contribution in [0.15, 0.2) is 36.4 Å². The van der Waals surface area contributed by atoms with Gasteiger partial charge in [0.25, 0.3) is 0 Å². The molecule has 0 bridgehead atoms. The maximum atomic E-state index is 10.1. The van der Waals surface area contributed by atoms with Crippen LogP contribution in [0.3, 0.4) is 0 Å². The molecule has 0 fully saturated rings. The second-order valence-corrected chi connectivity index (χ2v) is 5.52. The summed E-state index contributed by atoms with van der Waals surface area (Å²) in [5, 5.41) is 10.1. The predicted octanol–water partition coefficient (Wildman–Crippen LogP) is 4.16. The summed E-state index contributed by atoms with van der Waals surface area (Å²) < 4.78 is 0. The Bertz CT molecular complexity index is 597. The van der Waals surface area contributed by atoms with E-state index in [4.69, 9.17) is 0 Å². The van der Waals surface area contributed by atoms with Crippen LogP contribution in [0.25, 0.3) is 11.1 Å². The molecule has 0 heterocycles. The van der Waals surface area contributed by atoms with Crippen molar-refractivity contribution in [3.8, 4) is 16.9 Å². The molecule has 0 saturated carbocycles. The Morgan fingerprint density at radius 2 is 1.83 bits per heavy atom. The van der Waals surface area contributed by atoms with Crippen molar-refractivity contribution in [3.05, 3.63) is 53.1 Å². The van der Waals surface area contributed by atoms with Crippen molar-refractivity contribution in [1.29, 1.82) is 0 Å². The van der Waals surface area contributed by atoms with Gasteiger partial charge in [0.1, 0.15) is 5.75 Å². The lowest BCUT2D eigenvalue weighted by Gasteiger charge is -2.13. The Labute approximate surface area is 108 Å². The van der Waals surface area contributed by atoms with E-state index in [1.807, 2.05) is 6.07 Å². The van der Waals surface area contributed by atoms with E-state index in [0.717, 1.165) is 18.4 Å². The normalized spacial score (nSPS) is 12.6. The van der Waals surface area contributed by atoms with Crippen LogP contribution in [0.5, 0.6) is 5.75 Å². The van der Waals surface area contributed by atoms with E-state index in [0.29, 0.717) is 11.7 Å². The van der Waals surface area contributed by atoms with Gasteiger partial charge in [0.15, 0.2) is 0 Å². The highest BCUT2D eigenvalue weighted by Crippen LogP contribution is 2.41. The van der Waals surface area contributed by atoms with Crippen LogP contribution >= 0.6 is 0 Å². The fraction of sp³-hybridized carbons (Fsp3) is 0.294.